The van der Waals surface area contributed by atoms with Crippen molar-refractivity contribution in [3.63, 3.8) is 0 Å². The van der Waals surface area contributed by atoms with Crippen LogP contribution in [0.4, 0.5) is 0 Å². The molecule has 0 radical (unpaired) electrons. The number of rotatable bonds is 3. The predicted octanol–water partition coefficient (Wildman–Crippen LogP) is 3.04. The Kier molecular flexibility index (Phi) is 4.28. The van der Waals surface area contributed by atoms with Gasteiger partial charge in [-0.2, -0.15) is 9.57 Å². The first kappa shape index (κ1) is 15.5. The fourth-order valence-corrected chi connectivity index (χ4v) is 4.09. The maximum absolute atomic E-state index is 12.7. The van der Waals surface area contributed by atoms with E-state index >= 15 is 0 Å². The first-order valence-electron chi connectivity index (χ1n) is 7.36. The molecule has 0 amide bonds. The highest BCUT2D eigenvalue weighted by molar-refractivity contribution is 7.89. The molecule has 0 saturated heterocycles. The van der Waals surface area contributed by atoms with Crippen LogP contribution in [-0.2, 0) is 10.0 Å². The van der Waals surface area contributed by atoms with Gasteiger partial charge in [-0.05, 0) is 35.8 Å². The molecule has 5 heteroatoms. The molecule has 0 fully saturated rings. The van der Waals surface area contributed by atoms with Crippen molar-refractivity contribution in [2.24, 2.45) is 0 Å². The van der Waals surface area contributed by atoms with Gasteiger partial charge in [-0.25, -0.2) is 8.42 Å². The van der Waals surface area contributed by atoms with Crippen molar-refractivity contribution in [3.8, 4) is 6.07 Å². The van der Waals surface area contributed by atoms with Gasteiger partial charge in [0.1, 0.15) is 0 Å². The molecule has 0 N–H and O–H groups in total. The summed E-state index contributed by atoms with van der Waals surface area (Å²) < 4.78 is 26.8. The van der Waals surface area contributed by atoms with Crippen LogP contribution in [0.2, 0.25) is 0 Å². The number of nitriles is 1. The zero-order valence-electron chi connectivity index (χ0n) is 12.5. The Morgan fingerprint density at radius 2 is 1.83 bits per heavy atom. The molecule has 0 aliphatic carbocycles. The smallest absolute Gasteiger partial charge is 0.207 e. The second-order valence-electron chi connectivity index (χ2n) is 5.35. The van der Waals surface area contributed by atoms with Crippen LogP contribution in [0.25, 0.3) is 5.57 Å². The van der Waals surface area contributed by atoms with Gasteiger partial charge in [0.2, 0.25) is 10.0 Å². The molecule has 2 aromatic carbocycles. The quantitative estimate of drug-likeness (QED) is 0.872. The van der Waals surface area contributed by atoms with Gasteiger partial charge in [-0.1, -0.05) is 42.5 Å². The van der Waals surface area contributed by atoms with E-state index in [-0.39, 0.29) is 4.90 Å². The molecule has 0 bridgehead atoms. The third kappa shape index (κ3) is 3.19. The topological polar surface area (TPSA) is 61.2 Å². The monoisotopic (exact) mass is 324 g/mol. The normalized spacial score (nSPS) is 15.7. The molecule has 0 spiro atoms. The fraction of sp³-hybridized carbons (Fsp3) is 0.167. The molecule has 2 aromatic rings. The van der Waals surface area contributed by atoms with Gasteiger partial charge in [0.15, 0.2) is 0 Å². The Labute approximate surface area is 136 Å². The average Bonchev–Trinajstić information content (AvgIpc) is 2.62. The molecular formula is C18H16N2O2S. The van der Waals surface area contributed by atoms with E-state index in [0.717, 1.165) is 5.56 Å². The van der Waals surface area contributed by atoms with E-state index in [9.17, 15) is 8.42 Å². The summed E-state index contributed by atoms with van der Waals surface area (Å²) in [5.74, 6) is 0. The lowest BCUT2D eigenvalue weighted by molar-refractivity contribution is 0.441. The Morgan fingerprint density at radius 1 is 1.04 bits per heavy atom. The highest BCUT2D eigenvalue weighted by Crippen LogP contribution is 2.26. The summed E-state index contributed by atoms with van der Waals surface area (Å²) in [6, 6.07) is 18.1. The van der Waals surface area contributed by atoms with E-state index in [1.807, 2.05) is 42.5 Å². The highest BCUT2D eigenvalue weighted by atomic mass is 32.2. The number of hydrogen-bond donors (Lipinski definition) is 0. The minimum Gasteiger partial charge on any atom is -0.207 e. The minimum absolute atomic E-state index is 0.174. The van der Waals surface area contributed by atoms with Crippen LogP contribution < -0.4 is 0 Å². The van der Waals surface area contributed by atoms with Crippen molar-refractivity contribution in [2.45, 2.75) is 11.3 Å². The van der Waals surface area contributed by atoms with Crippen molar-refractivity contribution in [3.05, 3.63) is 71.8 Å². The van der Waals surface area contributed by atoms with Gasteiger partial charge in [-0.3, -0.25) is 0 Å². The van der Waals surface area contributed by atoms with Crippen LogP contribution in [0.15, 0.2) is 65.6 Å². The maximum Gasteiger partial charge on any atom is 0.243 e. The van der Waals surface area contributed by atoms with Crippen molar-refractivity contribution in [1.82, 2.24) is 4.31 Å². The van der Waals surface area contributed by atoms with Crippen LogP contribution in [0.5, 0.6) is 0 Å². The lowest BCUT2D eigenvalue weighted by atomic mass is 10.0. The van der Waals surface area contributed by atoms with Gasteiger partial charge in [0.25, 0.3) is 0 Å². The summed E-state index contributed by atoms with van der Waals surface area (Å²) in [5, 5.41) is 8.93. The SMILES string of the molecule is N#Cc1cccc(S(=O)(=O)N2CC=C(c3ccccc3)CC2)c1. The number of benzene rings is 2. The zero-order valence-corrected chi connectivity index (χ0v) is 13.3. The summed E-state index contributed by atoms with van der Waals surface area (Å²) in [6.45, 7) is 0.795. The van der Waals surface area contributed by atoms with Gasteiger partial charge < -0.3 is 0 Å². The Bertz CT molecular complexity index is 881. The first-order chi connectivity index (χ1) is 11.1. The standard InChI is InChI=1S/C18H16N2O2S/c19-14-15-5-4-8-18(13-15)23(21,22)20-11-9-17(10-12-20)16-6-2-1-3-7-16/h1-9,13H,10-12H2. The second kappa shape index (κ2) is 6.37. The van der Waals surface area contributed by atoms with Gasteiger partial charge in [0, 0.05) is 13.1 Å². The van der Waals surface area contributed by atoms with E-state index < -0.39 is 10.0 Å². The van der Waals surface area contributed by atoms with E-state index in [0.29, 0.717) is 25.1 Å². The summed E-state index contributed by atoms with van der Waals surface area (Å²) in [7, 11) is -3.56. The molecule has 3 rings (SSSR count). The number of sulfonamides is 1. The largest absolute Gasteiger partial charge is 0.243 e. The molecule has 1 aliphatic heterocycles. The summed E-state index contributed by atoms with van der Waals surface area (Å²) in [5.41, 5.74) is 2.66. The zero-order chi connectivity index (χ0) is 16.3. The maximum atomic E-state index is 12.7. The van der Waals surface area contributed by atoms with Crippen LogP contribution in [0.3, 0.4) is 0 Å². The van der Waals surface area contributed by atoms with Crippen LogP contribution in [-0.4, -0.2) is 25.8 Å². The summed E-state index contributed by atoms with van der Waals surface area (Å²) in [4.78, 5) is 0.174. The molecule has 23 heavy (non-hydrogen) atoms. The van der Waals surface area contributed by atoms with E-state index in [1.165, 1.54) is 22.0 Å². The van der Waals surface area contributed by atoms with Crippen molar-refractivity contribution >= 4 is 15.6 Å². The van der Waals surface area contributed by atoms with Gasteiger partial charge in [0.05, 0.1) is 16.5 Å². The second-order valence-corrected chi connectivity index (χ2v) is 7.29. The van der Waals surface area contributed by atoms with E-state index in [4.69, 9.17) is 5.26 Å². The average molecular weight is 324 g/mol. The van der Waals surface area contributed by atoms with Crippen molar-refractivity contribution in [1.29, 1.82) is 5.26 Å². The summed E-state index contributed by atoms with van der Waals surface area (Å²) >= 11 is 0. The Balaban J connectivity index is 1.84. The third-order valence-electron chi connectivity index (χ3n) is 3.92. The number of nitrogens with zero attached hydrogens (tertiary/aromatic N) is 2. The molecule has 0 atom stereocenters. The Morgan fingerprint density at radius 3 is 2.48 bits per heavy atom. The van der Waals surface area contributed by atoms with Crippen molar-refractivity contribution in [2.75, 3.05) is 13.1 Å². The molecule has 1 heterocycles. The fourth-order valence-electron chi connectivity index (χ4n) is 2.66. The van der Waals surface area contributed by atoms with Crippen LogP contribution >= 0.6 is 0 Å². The lowest BCUT2D eigenvalue weighted by Crippen LogP contribution is -2.34. The molecular weight excluding hydrogens is 308 g/mol. The summed E-state index contributed by atoms with van der Waals surface area (Å²) in [6.07, 6.45) is 2.64. The van der Waals surface area contributed by atoms with Crippen molar-refractivity contribution < 1.29 is 8.42 Å². The third-order valence-corrected chi connectivity index (χ3v) is 5.78. The van der Waals surface area contributed by atoms with Crippen LogP contribution in [0.1, 0.15) is 17.5 Å². The molecule has 0 saturated carbocycles. The minimum atomic E-state index is -3.56. The first-order valence-corrected chi connectivity index (χ1v) is 8.80. The number of hydrogen-bond acceptors (Lipinski definition) is 3. The Hall–Kier alpha value is -2.42. The van der Waals surface area contributed by atoms with E-state index in [2.05, 4.69) is 0 Å². The van der Waals surface area contributed by atoms with Gasteiger partial charge >= 0.3 is 0 Å². The van der Waals surface area contributed by atoms with Gasteiger partial charge in [-0.15, -0.1) is 0 Å². The highest BCUT2D eigenvalue weighted by Gasteiger charge is 2.26. The lowest BCUT2D eigenvalue weighted by Gasteiger charge is -2.26. The molecule has 0 aromatic heterocycles. The molecule has 4 nitrogen and oxygen atoms in total. The van der Waals surface area contributed by atoms with E-state index in [1.54, 1.807) is 12.1 Å². The molecule has 0 unspecified atom stereocenters. The predicted molar refractivity (Wildman–Crippen MR) is 89.0 cm³/mol. The molecule has 116 valence electrons. The van der Waals surface area contributed by atoms with Crippen LogP contribution in [0, 0.1) is 11.3 Å². The molecule has 1 aliphatic rings.